The molecule has 128 valence electrons. The lowest BCUT2D eigenvalue weighted by Gasteiger charge is -2.29. The number of aromatic nitrogens is 2. The molecule has 3 aromatic rings. The van der Waals surface area contributed by atoms with Crippen LogP contribution in [0.5, 0.6) is 0 Å². The average molecular weight is 356 g/mol. The molecule has 4 rings (SSSR count). The summed E-state index contributed by atoms with van der Waals surface area (Å²) in [5.74, 6) is 0.0161. The van der Waals surface area contributed by atoms with E-state index in [2.05, 4.69) is 16.0 Å². The van der Waals surface area contributed by atoms with Crippen LogP contribution >= 0.6 is 11.6 Å². The highest BCUT2D eigenvalue weighted by molar-refractivity contribution is 6.29. The van der Waals surface area contributed by atoms with E-state index >= 15 is 0 Å². The number of Topliss-reactive ketones (excluding diaryl/α,β-unsaturated/α-hetero) is 1. The number of pyridine rings is 2. The van der Waals surface area contributed by atoms with Crippen molar-refractivity contribution in [3.05, 3.63) is 53.4 Å². The molecule has 3 aromatic heterocycles. The van der Waals surface area contributed by atoms with E-state index in [1.165, 1.54) is 0 Å². The average Bonchev–Trinajstić information content (AvgIpc) is 3.01. The molecule has 1 aliphatic heterocycles. The molecule has 1 fully saturated rings. The Balaban J connectivity index is 1.89. The van der Waals surface area contributed by atoms with Gasteiger partial charge in [-0.3, -0.25) is 4.79 Å². The number of fused-ring (bicyclic) bond motifs is 1. The van der Waals surface area contributed by atoms with E-state index in [1.54, 1.807) is 13.0 Å². The molecule has 0 spiro atoms. The van der Waals surface area contributed by atoms with Gasteiger partial charge in [0.25, 0.3) is 0 Å². The smallest absolute Gasteiger partial charge is 0.176 e. The first-order valence-corrected chi connectivity index (χ1v) is 8.63. The highest BCUT2D eigenvalue weighted by Crippen LogP contribution is 2.31. The topological polar surface area (TPSA) is 46.8 Å². The molecular formula is C19H18ClN3O2. The first-order valence-electron chi connectivity index (χ1n) is 8.25. The minimum absolute atomic E-state index is 0.0161. The fourth-order valence-electron chi connectivity index (χ4n) is 3.24. The Labute approximate surface area is 150 Å². The summed E-state index contributed by atoms with van der Waals surface area (Å²) < 4.78 is 7.36. The number of anilines is 1. The first-order chi connectivity index (χ1) is 12.1. The Morgan fingerprint density at radius 3 is 2.72 bits per heavy atom. The zero-order chi connectivity index (χ0) is 17.4. The van der Waals surface area contributed by atoms with Crippen molar-refractivity contribution in [1.29, 1.82) is 0 Å². The van der Waals surface area contributed by atoms with Gasteiger partial charge in [0.2, 0.25) is 0 Å². The molecule has 0 atom stereocenters. The zero-order valence-electron chi connectivity index (χ0n) is 13.9. The Bertz CT molecular complexity index is 945. The molecule has 0 aliphatic carbocycles. The van der Waals surface area contributed by atoms with Gasteiger partial charge in [-0.25, -0.2) is 4.98 Å². The molecule has 6 heteroatoms. The third-order valence-electron chi connectivity index (χ3n) is 4.48. The summed E-state index contributed by atoms with van der Waals surface area (Å²) >= 11 is 6.06. The monoisotopic (exact) mass is 355 g/mol. The molecule has 1 saturated heterocycles. The summed E-state index contributed by atoms with van der Waals surface area (Å²) in [5, 5.41) is 0.436. The normalized spacial score (nSPS) is 14.9. The van der Waals surface area contributed by atoms with Gasteiger partial charge in [0.1, 0.15) is 5.15 Å². The Kier molecular flexibility index (Phi) is 4.19. The number of hydrogen-bond acceptors (Lipinski definition) is 4. The van der Waals surface area contributed by atoms with Crippen molar-refractivity contribution in [2.24, 2.45) is 0 Å². The third kappa shape index (κ3) is 3.01. The Morgan fingerprint density at radius 1 is 1.20 bits per heavy atom. The van der Waals surface area contributed by atoms with Gasteiger partial charge in [-0.2, -0.15) is 0 Å². The maximum atomic E-state index is 12.1. The molecular weight excluding hydrogens is 338 g/mol. The molecule has 25 heavy (non-hydrogen) atoms. The number of rotatable bonds is 3. The van der Waals surface area contributed by atoms with E-state index in [4.69, 9.17) is 16.3 Å². The fraction of sp³-hybridized carbons (Fsp3) is 0.263. The number of hydrogen-bond donors (Lipinski definition) is 0. The van der Waals surface area contributed by atoms with E-state index in [9.17, 15) is 4.79 Å². The van der Waals surface area contributed by atoms with Gasteiger partial charge < -0.3 is 14.0 Å². The van der Waals surface area contributed by atoms with E-state index in [1.807, 2.05) is 34.9 Å². The maximum Gasteiger partial charge on any atom is 0.176 e. The number of morpholine rings is 1. The molecule has 1 aliphatic rings. The van der Waals surface area contributed by atoms with Gasteiger partial charge in [0, 0.05) is 37.5 Å². The van der Waals surface area contributed by atoms with Crippen LogP contribution < -0.4 is 4.90 Å². The molecule has 0 saturated carbocycles. The molecule has 0 amide bonds. The van der Waals surface area contributed by atoms with E-state index in [0.717, 1.165) is 48.8 Å². The highest BCUT2D eigenvalue weighted by Gasteiger charge is 2.17. The van der Waals surface area contributed by atoms with Crippen LogP contribution in [-0.2, 0) is 4.74 Å². The molecule has 0 N–H and O–H groups in total. The van der Waals surface area contributed by atoms with Gasteiger partial charge >= 0.3 is 0 Å². The van der Waals surface area contributed by atoms with Gasteiger partial charge in [0.05, 0.1) is 30.1 Å². The number of ether oxygens (including phenoxy) is 1. The minimum Gasteiger partial charge on any atom is -0.378 e. The van der Waals surface area contributed by atoms with Crippen molar-refractivity contribution in [3.63, 3.8) is 0 Å². The maximum absolute atomic E-state index is 12.1. The zero-order valence-corrected chi connectivity index (χ0v) is 14.7. The number of ketones is 1. The molecule has 0 bridgehead atoms. The van der Waals surface area contributed by atoms with Crippen molar-refractivity contribution in [2.75, 3.05) is 31.2 Å². The second-order valence-corrected chi connectivity index (χ2v) is 6.47. The molecule has 4 heterocycles. The Morgan fingerprint density at radius 2 is 2.00 bits per heavy atom. The standard InChI is InChI=1S/C19H18ClN3O2/c1-13(24)17-12-15(16-3-2-4-19(20)21-16)18-11-14(5-6-23(17)18)22-7-9-25-10-8-22/h2-6,11-12H,7-10H2,1H3. The van der Waals surface area contributed by atoms with E-state index in [-0.39, 0.29) is 5.78 Å². The highest BCUT2D eigenvalue weighted by atomic mass is 35.5. The van der Waals surface area contributed by atoms with Gasteiger partial charge in [0.15, 0.2) is 5.78 Å². The second kappa shape index (κ2) is 6.50. The molecule has 0 radical (unpaired) electrons. The van der Waals surface area contributed by atoms with Gasteiger partial charge in [-0.1, -0.05) is 17.7 Å². The lowest BCUT2D eigenvalue weighted by atomic mass is 10.1. The number of nitrogens with zero attached hydrogens (tertiary/aromatic N) is 3. The quantitative estimate of drug-likeness (QED) is 0.531. The van der Waals surface area contributed by atoms with Crippen LogP contribution in [0.25, 0.3) is 16.8 Å². The van der Waals surface area contributed by atoms with Crippen molar-refractivity contribution in [3.8, 4) is 11.3 Å². The Hall–Kier alpha value is -2.37. The summed E-state index contributed by atoms with van der Waals surface area (Å²) in [6, 6.07) is 11.6. The van der Waals surface area contributed by atoms with Gasteiger partial charge in [-0.05, 0) is 30.3 Å². The van der Waals surface area contributed by atoms with Crippen molar-refractivity contribution < 1.29 is 9.53 Å². The van der Waals surface area contributed by atoms with Crippen LogP contribution in [-0.4, -0.2) is 41.5 Å². The lowest BCUT2D eigenvalue weighted by molar-refractivity contribution is 0.101. The molecule has 5 nitrogen and oxygen atoms in total. The van der Waals surface area contributed by atoms with Crippen LogP contribution in [0.15, 0.2) is 42.6 Å². The number of carbonyl (C=O) groups is 1. The van der Waals surface area contributed by atoms with Crippen molar-refractivity contribution >= 4 is 28.6 Å². The SMILES string of the molecule is CC(=O)c1cc(-c2cccc(Cl)n2)c2cc(N3CCOCC3)ccn12. The van der Waals surface area contributed by atoms with Crippen LogP contribution in [0.2, 0.25) is 5.15 Å². The third-order valence-corrected chi connectivity index (χ3v) is 4.69. The molecule has 0 aromatic carbocycles. The molecule has 0 unspecified atom stereocenters. The first kappa shape index (κ1) is 16.1. The summed E-state index contributed by atoms with van der Waals surface area (Å²) in [6.07, 6.45) is 1.95. The summed E-state index contributed by atoms with van der Waals surface area (Å²) in [6.45, 7) is 4.76. The van der Waals surface area contributed by atoms with Crippen molar-refractivity contribution in [1.82, 2.24) is 9.38 Å². The lowest BCUT2D eigenvalue weighted by Crippen LogP contribution is -2.36. The predicted octanol–water partition coefficient (Wildman–Crippen LogP) is 3.69. The largest absolute Gasteiger partial charge is 0.378 e. The number of carbonyl (C=O) groups excluding carboxylic acids is 1. The van der Waals surface area contributed by atoms with Gasteiger partial charge in [-0.15, -0.1) is 0 Å². The van der Waals surface area contributed by atoms with E-state index in [0.29, 0.717) is 10.8 Å². The summed E-state index contributed by atoms with van der Waals surface area (Å²) in [5.41, 5.74) is 4.37. The van der Waals surface area contributed by atoms with E-state index < -0.39 is 0 Å². The van der Waals surface area contributed by atoms with Crippen LogP contribution in [0, 0.1) is 0 Å². The van der Waals surface area contributed by atoms with Crippen molar-refractivity contribution in [2.45, 2.75) is 6.92 Å². The fourth-order valence-corrected chi connectivity index (χ4v) is 3.40. The van der Waals surface area contributed by atoms with Crippen LogP contribution in [0.1, 0.15) is 17.4 Å². The minimum atomic E-state index is 0.0161. The number of halogens is 1. The summed E-state index contributed by atoms with van der Waals surface area (Å²) in [4.78, 5) is 18.8. The predicted molar refractivity (Wildman–Crippen MR) is 98.7 cm³/mol. The second-order valence-electron chi connectivity index (χ2n) is 6.08. The summed E-state index contributed by atoms with van der Waals surface area (Å²) in [7, 11) is 0. The van der Waals surface area contributed by atoms with Crippen LogP contribution in [0.4, 0.5) is 5.69 Å². The van der Waals surface area contributed by atoms with Crippen LogP contribution in [0.3, 0.4) is 0 Å².